The third kappa shape index (κ3) is 4.47. The maximum atomic E-state index is 12.7. The third-order valence-electron chi connectivity index (χ3n) is 6.16. The van der Waals surface area contributed by atoms with Crippen LogP contribution in [0.4, 0.5) is 0 Å². The number of primary amides is 1. The van der Waals surface area contributed by atoms with Gasteiger partial charge in [-0.3, -0.25) is 9.59 Å². The van der Waals surface area contributed by atoms with Gasteiger partial charge in [-0.25, -0.2) is 0 Å². The van der Waals surface area contributed by atoms with E-state index >= 15 is 0 Å². The van der Waals surface area contributed by atoms with Crippen molar-refractivity contribution in [3.05, 3.63) is 110 Å². The second-order valence-electron chi connectivity index (χ2n) is 8.58. The van der Waals surface area contributed by atoms with E-state index in [-0.39, 0.29) is 11.7 Å². The number of aromatic nitrogens is 2. The first-order chi connectivity index (χ1) is 15.8. The minimum absolute atomic E-state index is 0.0807. The van der Waals surface area contributed by atoms with E-state index in [0.29, 0.717) is 18.6 Å². The zero-order valence-corrected chi connectivity index (χ0v) is 19.4. The molecule has 3 aromatic heterocycles. The smallest absolute Gasteiger partial charge is 0.251 e. The maximum absolute atomic E-state index is 12.7. The molecule has 0 saturated heterocycles. The first kappa shape index (κ1) is 22.6. The van der Waals surface area contributed by atoms with Gasteiger partial charge in [0.05, 0.1) is 18.4 Å². The largest absolute Gasteiger partial charge is 0.368 e. The highest BCUT2D eigenvalue weighted by Gasteiger charge is 2.21. The number of fused-ring (bicyclic) bond motifs is 1. The van der Waals surface area contributed by atoms with Crippen LogP contribution in [-0.2, 0) is 17.8 Å². The van der Waals surface area contributed by atoms with Gasteiger partial charge in [-0.1, -0.05) is 30.3 Å². The van der Waals surface area contributed by atoms with Crippen LogP contribution in [0.3, 0.4) is 0 Å². The van der Waals surface area contributed by atoms with Crippen molar-refractivity contribution >= 4 is 11.4 Å². The summed E-state index contributed by atoms with van der Waals surface area (Å²) in [6.07, 6.45) is 0.152. The van der Waals surface area contributed by atoms with Crippen LogP contribution in [0.15, 0.2) is 59.4 Å². The van der Waals surface area contributed by atoms with Crippen LogP contribution in [0.1, 0.15) is 62.7 Å². The molecule has 3 N–H and O–H groups in total. The first-order valence-electron chi connectivity index (χ1n) is 11.0. The van der Waals surface area contributed by atoms with Crippen LogP contribution in [-0.4, -0.2) is 15.3 Å². The highest BCUT2D eigenvalue weighted by molar-refractivity contribution is 5.95. The summed E-state index contributed by atoms with van der Waals surface area (Å²) in [6.45, 7) is 8.14. The summed E-state index contributed by atoms with van der Waals surface area (Å²) >= 11 is 0. The minimum Gasteiger partial charge on any atom is -0.368 e. The normalized spacial score (nSPS) is 12.2. The number of amides is 1. The van der Waals surface area contributed by atoms with Crippen molar-refractivity contribution < 1.29 is 9.53 Å². The Kier molecular flexibility index (Phi) is 6.20. The van der Waals surface area contributed by atoms with E-state index in [2.05, 4.69) is 9.38 Å². The molecule has 0 aliphatic carbocycles. The fourth-order valence-corrected chi connectivity index (χ4v) is 4.50. The maximum Gasteiger partial charge on any atom is 0.251 e. The van der Waals surface area contributed by atoms with E-state index in [1.165, 1.54) is 0 Å². The number of benzene rings is 1. The van der Waals surface area contributed by atoms with E-state index in [9.17, 15) is 9.59 Å². The average Bonchev–Trinajstić information content (AvgIpc) is 3.17. The van der Waals surface area contributed by atoms with Crippen molar-refractivity contribution in [1.29, 1.82) is 0 Å². The van der Waals surface area contributed by atoms with E-state index < -0.39 is 5.91 Å². The number of hydrogen-bond donors (Lipinski definition) is 2. The molecule has 1 atom stereocenters. The number of H-pyrrole nitrogens is 1. The number of nitrogens with zero attached hydrogens (tertiary/aromatic N) is 1. The van der Waals surface area contributed by atoms with Crippen LogP contribution < -0.4 is 11.3 Å². The number of nitrogens with two attached hydrogens (primary N) is 1. The van der Waals surface area contributed by atoms with Gasteiger partial charge in [-0.05, 0) is 68.7 Å². The lowest BCUT2D eigenvalue weighted by molar-refractivity contribution is 0.0484. The fourth-order valence-electron chi connectivity index (χ4n) is 4.50. The first-order valence-corrected chi connectivity index (χ1v) is 11.0. The molecule has 6 nitrogen and oxygen atoms in total. The highest BCUT2D eigenvalue weighted by atomic mass is 16.5. The van der Waals surface area contributed by atoms with Gasteiger partial charge in [0.1, 0.15) is 0 Å². The molecule has 0 radical (unpaired) electrons. The van der Waals surface area contributed by atoms with Gasteiger partial charge in [0.25, 0.3) is 5.56 Å². The van der Waals surface area contributed by atoms with Crippen molar-refractivity contribution in [2.75, 3.05) is 0 Å². The molecule has 33 heavy (non-hydrogen) atoms. The zero-order chi connectivity index (χ0) is 23.7. The molecular weight excluding hydrogens is 414 g/mol. The molecule has 6 heteroatoms. The molecule has 0 spiro atoms. The molecule has 0 aliphatic heterocycles. The summed E-state index contributed by atoms with van der Waals surface area (Å²) in [5.74, 6) is -0.472. The number of carbonyl (C=O) groups is 1. The number of hydrogen-bond acceptors (Lipinski definition) is 3. The lowest BCUT2D eigenvalue weighted by Crippen LogP contribution is -2.20. The van der Waals surface area contributed by atoms with Crippen molar-refractivity contribution in [3.8, 4) is 0 Å². The van der Waals surface area contributed by atoms with Crippen LogP contribution in [0.5, 0.6) is 0 Å². The molecule has 170 valence electrons. The number of aromatic amines is 1. The van der Waals surface area contributed by atoms with Crippen molar-refractivity contribution in [3.63, 3.8) is 0 Å². The number of pyridine rings is 2. The summed E-state index contributed by atoms with van der Waals surface area (Å²) in [5.41, 5.74) is 13.1. The predicted molar refractivity (Wildman–Crippen MR) is 130 cm³/mol. The lowest BCUT2D eigenvalue weighted by atomic mass is 10.0. The SMILES string of the molecule is Cc1cc(C)c(Cc2ccc3cc(C(N)=O)c(C)c(C(C)OCc4ccccc4)n23)c(=O)[nH]1. The molecule has 0 fully saturated rings. The van der Waals surface area contributed by atoms with Crippen molar-refractivity contribution in [2.45, 2.75) is 46.8 Å². The van der Waals surface area contributed by atoms with Crippen LogP contribution in [0.25, 0.3) is 5.52 Å². The fraction of sp³-hybridized carbons (Fsp3) is 0.259. The molecule has 4 aromatic rings. The lowest BCUT2D eigenvalue weighted by Gasteiger charge is -2.22. The molecule has 0 saturated carbocycles. The summed E-state index contributed by atoms with van der Waals surface area (Å²) in [4.78, 5) is 27.7. The molecule has 1 aromatic carbocycles. The Hall–Kier alpha value is -3.64. The Morgan fingerprint density at radius 2 is 1.82 bits per heavy atom. The van der Waals surface area contributed by atoms with Gasteiger partial charge < -0.3 is 19.9 Å². The van der Waals surface area contributed by atoms with Crippen molar-refractivity contribution in [2.24, 2.45) is 5.73 Å². The Morgan fingerprint density at radius 3 is 2.48 bits per heavy atom. The standard InChI is InChI=1S/C27H29N3O3/c1-16-12-17(2)29-27(32)23(16)13-21-10-11-22-14-24(26(28)31)18(3)25(30(21)22)19(4)33-15-20-8-6-5-7-9-20/h5-12,14,19H,13,15H2,1-4H3,(H2,28,31)(H,29,32). The van der Waals surface area contributed by atoms with E-state index in [1.54, 1.807) is 6.07 Å². The summed E-state index contributed by atoms with van der Waals surface area (Å²) in [6, 6.07) is 17.7. The predicted octanol–water partition coefficient (Wildman–Crippen LogP) is 4.52. The van der Waals surface area contributed by atoms with E-state index in [0.717, 1.165) is 44.9 Å². The minimum atomic E-state index is -0.472. The highest BCUT2D eigenvalue weighted by Crippen LogP contribution is 2.29. The van der Waals surface area contributed by atoms with Gasteiger partial charge in [0.2, 0.25) is 5.91 Å². The number of rotatable bonds is 7. The van der Waals surface area contributed by atoms with Gasteiger partial charge in [0.15, 0.2) is 0 Å². The summed E-state index contributed by atoms with van der Waals surface area (Å²) < 4.78 is 8.33. The average molecular weight is 444 g/mol. The van der Waals surface area contributed by atoms with Crippen LogP contribution >= 0.6 is 0 Å². The zero-order valence-electron chi connectivity index (χ0n) is 19.4. The number of aryl methyl sites for hydroxylation is 2. The number of ether oxygens (including phenoxy) is 1. The Bertz CT molecular complexity index is 1380. The van der Waals surface area contributed by atoms with Gasteiger partial charge in [-0.15, -0.1) is 0 Å². The van der Waals surface area contributed by atoms with Gasteiger partial charge in [-0.2, -0.15) is 0 Å². The van der Waals surface area contributed by atoms with E-state index in [4.69, 9.17) is 10.5 Å². The van der Waals surface area contributed by atoms with E-state index in [1.807, 2.05) is 76.2 Å². The third-order valence-corrected chi connectivity index (χ3v) is 6.16. The topological polar surface area (TPSA) is 89.6 Å². The summed E-state index contributed by atoms with van der Waals surface area (Å²) in [7, 11) is 0. The monoisotopic (exact) mass is 443 g/mol. The Morgan fingerprint density at radius 1 is 1.09 bits per heavy atom. The number of nitrogens with one attached hydrogen (secondary N) is 1. The molecule has 0 aliphatic rings. The molecule has 1 amide bonds. The molecule has 3 heterocycles. The van der Waals surface area contributed by atoms with Crippen LogP contribution in [0.2, 0.25) is 0 Å². The van der Waals surface area contributed by atoms with Gasteiger partial charge in [0, 0.05) is 34.5 Å². The second kappa shape index (κ2) is 9.08. The Balaban J connectivity index is 1.81. The molecule has 1 unspecified atom stereocenters. The summed E-state index contributed by atoms with van der Waals surface area (Å²) in [5, 5.41) is 0. The Labute approximate surface area is 193 Å². The second-order valence-corrected chi connectivity index (χ2v) is 8.58. The molecular formula is C27H29N3O3. The van der Waals surface area contributed by atoms with Crippen LogP contribution in [0, 0.1) is 20.8 Å². The molecule has 4 rings (SSSR count). The van der Waals surface area contributed by atoms with Gasteiger partial charge >= 0.3 is 0 Å². The quantitative estimate of drug-likeness (QED) is 0.440. The number of carbonyl (C=O) groups excluding carboxylic acids is 1. The molecule has 0 bridgehead atoms. The van der Waals surface area contributed by atoms with Crippen molar-refractivity contribution in [1.82, 2.24) is 9.38 Å².